The molecule has 0 saturated carbocycles. The Bertz CT molecular complexity index is 922. The number of esters is 1. The van der Waals surface area contributed by atoms with Gasteiger partial charge in [-0.15, -0.1) is 0 Å². The molecule has 0 bridgehead atoms. The van der Waals surface area contributed by atoms with E-state index >= 15 is 0 Å². The highest BCUT2D eigenvalue weighted by molar-refractivity contribution is 5.87. The lowest BCUT2D eigenvalue weighted by Crippen LogP contribution is -2.62. The molecule has 0 spiro atoms. The van der Waals surface area contributed by atoms with E-state index in [2.05, 4.69) is 0 Å². The summed E-state index contributed by atoms with van der Waals surface area (Å²) < 4.78 is 26.0. The van der Waals surface area contributed by atoms with Crippen LogP contribution in [0.5, 0.6) is 11.5 Å². The highest BCUT2D eigenvalue weighted by Crippen LogP contribution is 2.36. The Balaban J connectivity index is 1.63. The number of methoxy groups -OCH3 is 1. The molecule has 0 amide bonds. The van der Waals surface area contributed by atoms with E-state index in [9.17, 15) is 45.6 Å². The molecule has 0 aromatic heterocycles. The number of carbonyl (C=O) groups is 1. The fraction of sp³-hybridized carbons (Fsp3) is 0.591. The summed E-state index contributed by atoms with van der Waals surface area (Å²) in [6.45, 7) is -2.36. The Morgan fingerprint density at radius 1 is 1.06 bits per heavy atom. The highest BCUT2D eigenvalue weighted by Gasteiger charge is 2.58. The molecule has 2 saturated heterocycles. The van der Waals surface area contributed by atoms with Crippen LogP contribution < -0.4 is 4.74 Å². The molecule has 1 aromatic carbocycles. The molecule has 14 heteroatoms. The van der Waals surface area contributed by atoms with Crippen LogP contribution in [0.1, 0.15) is 5.56 Å². The summed E-state index contributed by atoms with van der Waals surface area (Å²) in [4.78, 5) is 12.1. The third kappa shape index (κ3) is 5.78. The largest absolute Gasteiger partial charge is 0.504 e. The first-order chi connectivity index (χ1) is 17.1. The predicted molar refractivity (Wildman–Crippen MR) is 116 cm³/mol. The number of aliphatic hydroxyl groups is 7. The number of ether oxygens (including phenoxy) is 5. The molecule has 1 aromatic rings. The van der Waals surface area contributed by atoms with Crippen molar-refractivity contribution in [2.75, 3.05) is 26.9 Å². The maximum Gasteiger partial charge on any atom is 0.330 e. The SMILES string of the molecule is COc1cc(C=CC(=O)OC[C@H]2O[C@](CO)(O[C@@H]3O[C@@H](CO)[C@@H](O)[C@@H](O)[C@H]3O)[C@@H](O)[C@H]2O)ccc1O. The molecule has 2 fully saturated rings. The molecular weight excluding hydrogens is 488 g/mol. The molecule has 9 atom stereocenters. The number of hydrogen-bond donors (Lipinski definition) is 8. The first-order valence-corrected chi connectivity index (χ1v) is 10.9. The summed E-state index contributed by atoms with van der Waals surface area (Å²) >= 11 is 0. The van der Waals surface area contributed by atoms with Gasteiger partial charge in [0, 0.05) is 6.08 Å². The van der Waals surface area contributed by atoms with E-state index in [1.807, 2.05) is 0 Å². The second-order valence-corrected chi connectivity index (χ2v) is 8.27. The van der Waals surface area contributed by atoms with Crippen LogP contribution in [-0.2, 0) is 23.7 Å². The third-order valence-corrected chi connectivity index (χ3v) is 5.90. The summed E-state index contributed by atoms with van der Waals surface area (Å²) in [6, 6.07) is 4.37. The van der Waals surface area contributed by atoms with Crippen molar-refractivity contribution in [2.24, 2.45) is 0 Å². The van der Waals surface area contributed by atoms with Gasteiger partial charge in [0.25, 0.3) is 0 Å². The van der Waals surface area contributed by atoms with E-state index in [-0.39, 0.29) is 11.5 Å². The first-order valence-electron chi connectivity index (χ1n) is 10.9. The molecule has 36 heavy (non-hydrogen) atoms. The fourth-order valence-electron chi connectivity index (χ4n) is 3.79. The van der Waals surface area contributed by atoms with E-state index in [1.54, 1.807) is 0 Å². The van der Waals surface area contributed by atoms with Gasteiger partial charge in [0.2, 0.25) is 5.79 Å². The molecule has 2 aliphatic heterocycles. The zero-order valence-corrected chi connectivity index (χ0v) is 19.2. The standard InChI is InChI=1S/C22H30O14/c1-32-12-6-10(2-4-11(12)25)3-5-15(26)33-8-14-17(28)20(31)22(9-24,35-14)36-21-19(30)18(29)16(27)13(7-23)34-21/h2-6,13-14,16-21,23-25,27-31H,7-9H2,1H3/t13-,14+,16+,17-,18+,19+,20-,21-,22+/m0/s1. The van der Waals surface area contributed by atoms with Crippen LogP contribution in [0.3, 0.4) is 0 Å². The van der Waals surface area contributed by atoms with E-state index in [4.69, 9.17) is 23.7 Å². The maximum absolute atomic E-state index is 12.1. The van der Waals surface area contributed by atoms with E-state index < -0.39 is 80.6 Å². The Hall–Kier alpha value is -2.37. The molecule has 0 unspecified atom stereocenters. The average Bonchev–Trinajstić information content (AvgIpc) is 3.12. The number of rotatable bonds is 9. The smallest absolute Gasteiger partial charge is 0.330 e. The van der Waals surface area contributed by atoms with Crippen LogP contribution in [0.25, 0.3) is 6.08 Å². The number of aromatic hydroxyl groups is 1. The van der Waals surface area contributed by atoms with Gasteiger partial charge in [0.15, 0.2) is 17.8 Å². The van der Waals surface area contributed by atoms with Crippen molar-refractivity contribution in [1.29, 1.82) is 0 Å². The van der Waals surface area contributed by atoms with Gasteiger partial charge in [-0.05, 0) is 23.8 Å². The number of benzene rings is 1. The molecule has 2 heterocycles. The second kappa shape index (κ2) is 11.8. The van der Waals surface area contributed by atoms with E-state index in [0.29, 0.717) is 5.56 Å². The number of aliphatic hydroxyl groups excluding tert-OH is 7. The lowest BCUT2D eigenvalue weighted by Gasteiger charge is -2.43. The quantitative estimate of drug-likeness (QED) is 0.118. The van der Waals surface area contributed by atoms with Crippen LogP contribution in [0.4, 0.5) is 0 Å². The molecule has 0 radical (unpaired) electrons. The van der Waals surface area contributed by atoms with Gasteiger partial charge in [0.1, 0.15) is 55.9 Å². The lowest BCUT2D eigenvalue weighted by atomic mass is 9.99. The predicted octanol–water partition coefficient (Wildman–Crippen LogP) is -3.42. The summed E-state index contributed by atoms with van der Waals surface area (Å²) in [5.74, 6) is -3.09. The molecule has 2 aliphatic rings. The van der Waals surface area contributed by atoms with E-state index in [0.717, 1.165) is 6.08 Å². The van der Waals surface area contributed by atoms with Gasteiger partial charge in [-0.2, -0.15) is 0 Å². The number of phenols is 1. The topological polar surface area (TPSA) is 225 Å². The van der Waals surface area contributed by atoms with Crippen LogP contribution in [-0.4, -0.2) is 129 Å². The second-order valence-electron chi connectivity index (χ2n) is 8.27. The van der Waals surface area contributed by atoms with Crippen molar-refractivity contribution in [2.45, 2.75) is 54.8 Å². The number of hydrogen-bond acceptors (Lipinski definition) is 14. The summed E-state index contributed by atoms with van der Waals surface area (Å²) in [7, 11) is 1.37. The minimum Gasteiger partial charge on any atom is -0.504 e. The first kappa shape index (κ1) is 28.2. The van der Waals surface area contributed by atoms with Crippen molar-refractivity contribution in [3.63, 3.8) is 0 Å². The molecule has 0 aliphatic carbocycles. The van der Waals surface area contributed by atoms with Crippen molar-refractivity contribution in [1.82, 2.24) is 0 Å². The average molecular weight is 518 g/mol. The van der Waals surface area contributed by atoms with Crippen LogP contribution in [0.15, 0.2) is 24.3 Å². The summed E-state index contributed by atoms with van der Waals surface area (Å²) in [5.41, 5.74) is 0.515. The van der Waals surface area contributed by atoms with Gasteiger partial charge in [0.05, 0.1) is 13.7 Å². The van der Waals surface area contributed by atoms with Gasteiger partial charge >= 0.3 is 5.97 Å². The molecule has 8 N–H and O–H groups in total. The van der Waals surface area contributed by atoms with Crippen molar-refractivity contribution >= 4 is 12.0 Å². The van der Waals surface area contributed by atoms with Crippen LogP contribution in [0.2, 0.25) is 0 Å². The number of carbonyl (C=O) groups excluding carboxylic acids is 1. The van der Waals surface area contributed by atoms with Gasteiger partial charge in [-0.1, -0.05) is 6.07 Å². The minimum atomic E-state index is -2.36. The normalized spacial score (nSPS) is 36.8. The van der Waals surface area contributed by atoms with Crippen LogP contribution in [0, 0.1) is 0 Å². The fourth-order valence-corrected chi connectivity index (χ4v) is 3.79. The number of phenolic OH excluding ortho intramolecular Hbond substituents is 1. The molecule has 202 valence electrons. The maximum atomic E-state index is 12.1. The highest BCUT2D eigenvalue weighted by atomic mass is 16.8. The molecule has 14 nitrogen and oxygen atoms in total. The van der Waals surface area contributed by atoms with Crippen LogP contribution >= 0.6 is 0 Å². The summed E-state index contributed by atoms with van der Waals surface area (Å²) in [5, 5.41) is 79.6. The Labute approximate surface area is 205 Å². The van der Waals surface area contributed by atoms with Gasteiger partial charge in [-0.25, -0.2) is 4.79 Å². The minimum absolute atomic E-state index is 0.0820. The van der Waals surface area contributed by atoms with Gasteiger partial charge < -0.3 is 64.5 Å². The summed E-state index contributed by atoms with van der Waals surface area (Å²) in [6.07, 6.45) is -11.0. The monoisotopic (exact) mass is 518 g/mol. The van der Waals surface area contributed by atoms with Gasteiger partial charge in [-0.3, -0.25) is 0 Å². The Morgan fingerprint density at radius 3 is 2.42 bits per heavy atom. The van der Waals surface area contributed by atoms with Crippen molar-refractivity contribution < 1.29 is 69.3 Å². The molecular formula is C22H30O14. The Morgan fingerprint density at radius 2 is 1.78 bits per heavy atom. The van der Waals surface area contributed by atoms with Crippen molar-refractivity contribution in [3.8, 4) is 11.5 Å². The lowest BCUT2D eigenvalue weighted by molar-refractivity contribution is -0.383. The third-order valence-electron chi connectivity index (χ3n) is 5.90. The zero-order valence-electron chi connectivity index (χ0n) is 19.2. The zero-order chi connectivity index (χ0) is 26.6. The Kier molecular flexibility index (Phi) is 9.23. The molecule has 3 rings (SSSR count). The van der Waals surface area contributed by atoms with E-state index in [1.165, 1.54) is 31.4 Å². The van der Waals surface area contributed by atoms with Crippen molar-refractivity contribution in [3.05, 3.63) is 29.8 Å².